The Morgan fingerprint density at radius 3 is 2.64 bits per heavy atom. The van der Waals surface area contributed by atoms with E-state index in [0.717, 1.165) is 22.4 Å². The zero-order valence-electron chi connectivity index (χ0n) is 8.20. The van der Waals surface area contributed by atoms with Gasteiger partial charge in [-0.2, -0.15) is 5.10 Å². The molecule has 2 heterocycles. The lowest BCUT2D eigenvalue weighted by molar-refractivity contribution is 1.10. The molecule has 0 saturated heterocycles. The molecule has 0 unspecified atom stereocenters. The number of aromatic amines is 1. The summed E-state index contributed by atoms with van der Waals surface area (Å²) in [6.45, 7) is 3.95. The zero-order chi connectivity index (χ0) is 10.1. The number of hydrogen-bond acceptors (Lipinski definition) is 3. The van der Waals surface area contributed by atoms with Gasteiger partial charge in [0.1, 0.15) is 5.82 Å². The van der Waals surface area contributed by atoms with Gasteiger partial charge in [-0.3, -0.25) is 10.1 Å². The van der Waals surface area contributed by atoms with Crippen molar-refractivity contribution in [3.63, 3.8) is 0 Å². The Morgan fingerprint density at radius 2 is 2.07 bits per heavy atom. The highest BCUT2D eigenvalue weighted by Gasteiger charge is 2.07. The number of hydrogen-bond donors (Lipinski definition) is 2. The molecule has 0 fully saturated rings. The van der Waals surface area contributed by atoms with Gasteiger partial charge in [0.2, 0.25) is 0 Å². The van der Waals surface area contributed by atoms with E-state index in [9.17, 15) is 0 Å². The Labute approximate surface area is 82.2 Å². The first-order valence-electron chi connectivity index (χ1n) is 4.41. The normalized spacial score (nSPS) is 10.4. The van der Waals surface area contributed by atoms with E-state index in [4.69, 9.17) is 5.73 Å². The summed E-state index contributed by atoms with van der Waals surface area (Å²) in [6, 6.07) is 2.05. The van der Waals surface area contributed by atoms with Crippen molar-refractivity contribution in [1.29, 1.82) is 0 Å². The van der Waals surface area contributed by atoms with E-state index in [2.05, 4.69) is 15.2 Å². The molecular weight excluding hydrogens is 176 g/mol. The molecule has 0 atom stereocenters. The average molecular weight is 188 g/mol. The van der Waals surface area contributed by atoms with Gasteiger partial charge in [-0.05, 0) is 25.5 Å². The molecule has 0 aliphatic carbocycles. The molecular formula is C10H12N4. The van der Waals surface area contributed by atoms with Crippen LogP contribution in [0.4, 0.5) is 5.82 Å². The number of pyridine rings is 1. The lowest BCUT2D eigenvalue weighted by Crippen LogP contribution is -1.87. The zero-order valence-corrected chi connectivity index (χ0v) is 8.20. The summed E-state index contributed by atoms with van der Waals surface area (Å²) < 4.78 is 0. The summed E-state index contributed by atoms with van der Waals surface area (Å²) >= 11 is 0. The fourth-order valence-corrected chi connectivity index (χ4v) is 1.38. The largest absolute Gasteiger partial charge is 0.382 e. The van der Waals surface area contributed by atoms with E-state index in [1.54, 1.807) is 6.20 Å². The van der Waals surface area contributed by atoms with Gasteiger partial charge in [0.05, 0.1) is 5.69 Å². The third-order valence-corrected chi connectivity index (χ3v) is 2.21. The van der Waals surface area contributed by atoms with E-state index in [1.807, 2.05) is 26.1 Å². The molecule has 0 bridgehead atoms. The lowest BCUT2D eigenvalue weighted by Gasteiger charge is -1.99. The summed E-state index contributed by atoms with van der Waals surface area (Å²) in [5, 5.41) is 6.85. The maximum absolute atomic E-state index is 5.65. The molecule has 0 aliphatic heterocycles. The highest BCUT2D eigenvalue weighted by Crippen LogP contribution is 2.23. The van der Waals surface area contributed by atoms with Crippen molar-refractivity contribution in [2.45, 2.75) is 13.8 Å². The number of nitrogens with one attached hydrogen (secondary N) is 1. The molecule has 0 spiro atoms. The number of aromatic nitrogens is 3. The molecule has 2 rings (SSSR count). The molecule has 2 aromatic rings. The van der Waals surface area contributed by atoms with Crippen LogP contribution in [0.5, 0.6) is 0 Å². The van der Waals surface area contributed by atoms with Crippen molar-refractivity contribution in [2.75, 3.05) is 5.73 Å². The van der Waals surface area contributed by atoms with E-state index in [-0.39, 0.29) is 0 Å². The molecule has 0 amide bonds. The summed E-state index contributed by atoms with van der Waals surface area (Å²) in [7, 11) is 0. The van der Waals surface area contributed by atoms with E-state index in [1.165, 1.54) is 0 Å². The van der Waals surface area contributed by atoms with Crippen LogP contribution in [0.25, 0.3) is 11.3 Å². The molecule has 4 heteroatoms. The van der Waals surface area contributed by atoms with Crippen LogP contribution in [0.15, 0.2) is 18.5 Å². The minimum absolute atomic E-state index is 0.543. The minimum Gasteiger partial charge on any atom is -0.382 e. The van der Waals surface area contributed by atoms with Crippen LogP contribution in [0.3, 0.4) is 0 Å². The SMILES string of the molecule is Cc1cncc(-c2[nH]nc(N)c2C)c1. The Kier molecular flexibility index (Phi) is 1.96. The second-order valence-electron chi connectivity index (χ2n) is 3.36. The molecule has 2 aromatic heterocycles. The van der Waals surface area contributed by atoms with E-state index < -0.39 is 0 Å². The molecule has 4 nitrogen and oxygen atoms in total. The molecule has 0 aromatic carbocycles. The Morgan fingerprint density at radius 1 is 1.29 bits per heavy atom. The predicted octanol–water partition coefficient (Wildman–Crippen LogP) is 1.67. The summed E-state index contributed by atoms with van der Waals surface area (Å²) in [5.41, 5.74) is 9.71. The van der Waals surface area contributed by atoms with Gasteiger partial charge in [-0.15, -0.1) is 0 Å². The Bertz CT molecular complexity index is 459. The van der Waals surface area contributed by atoms with E-state index in [0.29, 0.717) is 5.82 Å². The number of nitrogen functional groups attached to an aromatic ring is 1. The predicted molar refractivity (Wildman–Crippen MR) is 55.7 cm³/mol. The monoisotopic (exact) mass is 188 g/mol. The number of H-pyrrole nitrogens is 1. The quantitative estimate of drug-likeness (QED) is 0.715. The molecule has 0 radical (unpaired) electrons. The number of aryl methyl sites for hydroxylation is 1. The topological polar surface area (TPSA) is 67.6 Å². The molecule has 72 valence electrons. The fourth-order valence-electron chi connectivity index (χ4n) is 1.38. The molecule has 0 aliphatic rings. The Hall–Kier alpha value is -1.84. The standard InChI is InChI=1S/C10H12N4/c1-6-3-8(5-12-4-6)9-7(2)10(11)14-13-9/h3-5H,1-2H3,(H3,11,13,14). The van der Waals surface area contributed by atoms with Crippen LogP contribution < -0.4 is 5.73 Å². The van der Waals surface area contributed by atoms with Crippen LogP contribution in [0.1, 0.15) is 11.1 Å². The summed E-state index contributed by atoms with van der Waals surface area (Å²) in [5.74, 6) is 0.543. The van der Waals surface area contributed by atoms with Crippen LogP contribution >= 0.6 is 0 Å². The second kappa shape index (κ2) is 3.14. The second-order valence-corrected chi connectivity index (χ2v) is 3.36. The summed E-state index contributed by atoms with van der Waals surface area (Å²) in [6.07, 6.45) is 3.62. The fraction of sp³-hybridized carbons (Fsp3) is 0.200. The van der Waals surface area contributed by atoms with E-state index >= 15 is 0 Å². The first-order valence-corrected chi connectivity index (χ1v) is 4.41. The number of nitrogens with zero attached hydrogens (tertiary/aromatic N) is 2. The number of nitrogens with two attached hydrogens (primary N) is 1. The molecule has 3 N–H and O–H groups in total. The van der Waals surface area contributed by atoms with Gasteiger partial charge in [-0.25, -0.2) is 0 Å². The Balaban J connectivity index is 2.55. The van der Waals surface area contributed by atoms with Gasteiger partial charge >= 0.3 is 0 Å². The average Bonchev–Trinajstić information content (AvgIpc) is 2.48. The van der Waals surface area contributed by atoms with Crippen LogP contribution in [-0.2, 0) is 0 Å². The maximum Gasteiger partial charge on any atom is 0.148 e. The van der Waals surface area contributed by atoms with Gasteiger partial charge in [0.15, 0.2) is 0 Å². The van der Waals surface area contributed by atoms with Crippen molar-refractivity contribution in [2.24, 2.45) is 0 Å². The van der Waals surface area contributed by atoms with Crippen molar-refractivity contribution < 1.29 is 0 Å². The highest BCUT2D eigenvalue weighted by molar-refractivity contribution is 5.67. The van der Waals surface area contributed by atoms with Crippen molar-refractivity contribution in [3.8, 4) is 11.3 Å². The van der Waals surface area contributed by atoms with Crippen molar-refractivity contribution in [3.05, 3.63) is 29.6 Å². The van der Waals surface area contributed by atoms with Crippen LogP contribution in [-0.4, -0.2) is 15.2 Å². The lowest BCUT2D eigenvalue weighted by atomic mass is 10.1. The molecule has 0 saturated carbocycles. The van der Waals surface area contributed by atoms with Crippen molar-refractivity contribution in [1.82, 2.24) is 15.2 Å². The third-order valence-electron chi connectivity index (χ3n) is 2.21. The van der Waals surface area contributed by atoms with Gasteiger partial charge in [0.25, 0.3) is 0 Å². The number of anilines is 1. The van der Waals surface area contributed by atoms with Crippen molar-refractivity contribution >= 4 is 5.82 Å². The van der Waals surface area contributed by atoms with Gasteiger partial charge < -0.3 is 5.73 Å². The smallest absolute Gasteiger partial charge is 0.148 e. The summed E-state index contributed by atoms with van der Waals surface area (Å²) in [4.78, 5) is 4.12. The van der Waals surface area contributed by atoms with Gasteiger partial charge in [0, 0.05) is 23.5 Å². The van der Waals surface area contributed by atoms with Crippen LogP contribution in [0, 0.1) is 13.8 Å². The van der Waals surface area contributed by atoms with Gasteiger partial charge in [-0.1, -0.05) is 0 Å². The molecule has 14 heavy (non-hydrogen) atoms. The number of rotatable bonds is 1. The van der Waals surface area contributed by atoms with Crippen LogP contribution in [0.2, 0.25) is 0 Å². The first-order chi connectivity index (χ1) is 6.68. The minimum atomic E-state index is 0.543. The third kappa shape index (κ3) is 1.35. The first kappa shape index (κ1) is 8.74. The maximum atomic E-state index is 5.65. The highest BCUT2D eigenvalue weighted by atomic mass is 15.2.